The van der Waals surface area contributed by atoms with E-state index in [1.807, 2.05) is 25.1 Å². The molecule has 1 fully saturated rings. The predicted molar refractivity (Wildman–Crippen MR) is 83.2 cm³/mol. The van der Waals surface area contributed by atoms with E-state index in [0.717, 1.165) is 37.9 Å². The van der Waals surface area contributed by atoms with E-state index < -0.39 is 5.60 Å². The minimum atomic E-state index is -0.426. The molecule has 2 N–H and O–H groups in total. The number of hydrogen-bond donors (Lipinski definition) is 1. The number of alkyl halides is 1. The average Bonchev–Trinajstić information content (AvgIpc) is 2.66. The van der Waals surface area contributed by atoms with Gasteiger partial charge in [0.2, 0.25) is 0 Å². The molecule has 0 radical (unpaired) electrons. The Morgan fingerprint density at radius 2 is 2.05 bits per heavy atom. The minimum Gasteiger partial charge on any atom is -0.453 e. The van der Waals surface area contributed by atoms with Crippen LogP contribution in [0.1, 0.15) is 31.7 Å². The number of halogens is 1. The quantitative estimate of drug-likeness (QED) is 0.500. The van der Waals surface area contributed by atoms with Gasteiger partial charge in [0, 0.05) is 12.8 Å². The first-order valence-electron chi connectivity index (χ1n) is 6.88. The molecule has 3 nitrogen and oxygen atoms in total. The maximum Gasteiger partial charge on any atom is 0.319 e. The van der Waals surface area contributed by atoms with E-state index in [-0.39, 0.29) is 9.89 Å². The van der Waals surface area contributed by atoms with E-state index in [0.29, 0.717) is 0 Å². The molecule has 0 saturated carbocycles. The topological polar surface area (TPSA) is 42.9 Å². The number of benzene rings is 1. The summed E-state index contributed by atoms with van der Waals surface area (Å²) in [5.74, 6) is -0.105. The van der Waals surface area contributed by atoms with E-state index in [4.69, 9.17) is 4.74 Å². The molecule has 2 unspecified atom stereocenters. The monoisotopic (exact) mass is 374 g/mol. The number of quaternary nitrogens is 1. The first-order chi connectivity index (χ1) is 9.14. The lowest BCUT2D eigenvalue weighted by molar-refractivity contribution is -0.653. The van der Waals surface area contributed by atoms with Crippen molar-refractivity contribution in [3.8, 4) is 0 Å². The molecule has 2 atom stereocenters. The Morgan fingerprint density at radius 3 is 2.74 bits per heavy atom. The molecular formula is C15H21INO2+. The molecule has 1 aliphatic heterocycles. The van der Waals surface area contributed by atoms with Crippen molar-refractivity contribution in [2.75, 3.05) is 13.1 Å². The second-order valence-electron chi connectivity index (χ2n) is 5.12. The molecule has 4 heteroatoms. The fraction of sp³-hybridized carbons (Fsp3) is 0.533. The van der Waals surface area contributed by atoms with E-state index in [2.05, 4.69) is 40.0 Å². The summed E-state index contributed by atoms with van der Waals surface area (Å²) in [7, 11) is 0. The highest BCUT2D eigenvalue weighted by molar-refractivity contribution is 14.1. The third-order valence-electron chi connectivity index (χ3n) is 3.66. The lowest BCUT2D eigenvalue weighted by atomic mass is 9.86. The van der Waals surface area contributed by atoms with Crippen LogP contribution in [0.25, 0.3) is 0 Å². The Kier molecular flexibility index (Phi) is 5.21. The summed E-state index contributed by atoms with van der Waals surface area (Å²) < 4.78 is 5.83. The summed E-state index contributed by atoms with van der Waals surface area (Å²) in [6.45, 7) is 4.01. The van der Waals surface area contributed by atoms with Gasteiger partial charge in [-0.3, -0.25) is 4.79 Å². The third kappa shape index (κ3) is 3.69. The van der Waals surface area contributed by atoms with Gasteiger partial charge < -0.3 is 10.1 Å². The van der Waals surface area contributed by atoms with Crippen LogP contribution < -0.4 is 5.32 Å². The minimum absolute atomic E-state index is 0.105. The normalized spacial score (nSPS) is 25.4. The van der Waals surface area contributed by atoms with Gasteiger partial charge >= 0.3 is 5.97 Å². The maximum absolute atomic E-state index is 12.1. The molecule has 1 saturated heterocycles. The van der Waals surface area contributed by atoms with Gasteiger partial charge in [-0.2, -0.15) is 0 Å². The first kappa shape index (κ1) is 14.8. The van der Waals surface area contributed by atoms with Crippen molar-refractivity contribution in [3.63, 3.8) is 0 Å². The van der Waals surface area contributed by atoms with Crippen molar-refractivity contribution in [2.45, 2.75) is 35.7 Å². The van der Waals surface area contributed by atoms with E-state index in [1.54, 1.807) is 0 Å². The third-order valence-corrected chi connectivity index (χ3v) is 4.17. The van der Waals surface area contributed by atoms with E-state index >= 15 is 0 Å². The second kappa shape index (κ2) is 6.70. The van der Waals surface area contributed by atoms with Gasteiger partial charge in [-0.25, -0.2) is 0 Å². The van der Waals surface area contributed by atoms with E-state index in [9.17, 15) is 4.79 Å². The fourth-order valence-corrected chi connectivity index (χ4v) is 2.73. The van der Waals surface area contributed by atoms with Crippen LogP contribution in [0.3, 0.4) is 0 Å². The van der Waals surface area contributed by atoms with Gasteiger partial charge in [0.1, 0.15) is 9.53 Å². The van der Waals surface area contributed by atoms with Gasteiger partial charge in [0.05, 0.1) is 13.1 Å². The second-order valence-corrected chi connectivity index (χ2v) is 6.99. The Bertz CT molecular complexity index is 411. The zero-order valence-electron chi connectivity index (χ0n) is 11.3. The van der Waals surface area contributed by atoms with Gasteiger partial charge in [-0.1, -0.05) is 52.9 Å². The zero-order valence-corrected chi connectivity index (χ0v) is 13.4. The SMILES string of the molecule is CC(I)C(=O)OC1(c2ccccc2)CCC[NH2+]CC1. The van der Waals surface area contributed by atoms with Crippen molar-refractivity contribution in [3.05, 3.63) is 35.9 Å². The molecular weight excluding hydrogens is 353 g/mol. The predicted octanol–water partition coefficient (Wildman–Crippen LogP) is 2.00. The maximum atomic E-state index is 12.1. The Hall–Kier alpha value is -0.620. The average molecular weight is 374 g/mol. The summed E-state index contributed by atoms with van der Waals surface area (Å²) in [6, 6.07) is 10.2. The van der Waals surface area contributed by atoms with Crippen molar-refractivity contribution in [2.24, 2.45) is 0 Å². The molecule has 1 aromatic rings. The lowest BCUT2D eigenvalue weighted by Crippen LogP contribution is -2.84. The molecule has 104 valence electrons. The number of rotatable bonds is 3. The van der Waals surface area contributed by atoms with Gasteiger partial charge in [0.15, 0.2) is 0 Å². The highest BCUT2D eigenvalue weighted by Crippen LogP contribution is 2.35. The number of carbonyl (C=O) groups is 1. The molecule has 0 bridgehead atoms. The van der Waals surface area contributed by atoms with Crippen LogP contribution in [0.5, 0.6) is 0 Å². The largest absolute Gasteiger partial charge is 0.453 e. The standard InChI is InChI=1S/C15H20INO2/c1-12(16)14(18)19-15(8-5-10-17-11-9-15)13-6-3-2-4-7-13/h2-4,6-7,12,17H,5,8-11H2,1H3/p+1. The smallest absolute Gasteiger partial charge is 0.319 e. The van der Waals surface area contributed by atoms with E-state index in [1.165, 1.54) is 0 Å². The molecule has 1 aromatic carbocycles. The van der Waals surface area contributed by atoms with Crippen LogP contribution in [-0.2, 0) is 15.1 Å². The van der Waals surface area contributed by atoms with Crippen LogP contribution in [0.15, 0.2) is 30.3 Å². The molecule has 19 heavy (non-hydrogen) atoms. The van der Waals surface area contributed by atoms with Gasteiger partial charge in [0.25, 0.3) is 0 Å². The van der Waals surface area contributed by atoms with Crippen molar-refractivity contribution >= 4 is 28.6 Å². The highest BCUT2D eigenvalue weighted by Gasteiger charge is 2.38. The fourth-order valence-electron chi connectivity index (χ4n) is 2.60. The van der Waals surface area contributed by atoms with Gasteiger partial charge in [-0.05, 0) is 18.9 Å². The number of esters is 1. The van der Waals surface area contributed by atoms with Crippen LogP contribution in [-0.4, -0.2) is 23.0 Å². The summed E-state index contributed by atoms with van der Waals surface area (Å²) >= 11 is 2.12. The molecule has 2 rings (SSSR count). The first-order valence-corrected chi connectivity index (χ1v) is 8.13. The van der Waals surface area contributed by atoms with Crippen LogP contribution in [0.4, 0.5) is 0 Å². The number of nitrogens with two attached hydrogens (primary N) is 1. The van der Waals surface area contributed by atoms with Crippen molar-refractivity contribution in [1.82, 2.24) is 0 Å². The lowest BCUT2D eigenvalue weighted by Gasteiger charge is -2.32. The van der Waals surface area contributed by atoms with Crippen LogP contribution in [0.2, 0.25) is 0 Å². The van der Waals surface area contributed by atoms with Crippen LogP contribution >= 0.6 is 22.6 Å². The Morgan fingerprint density at radius 1 is 1.32 bits per heavy atom. The van der Waals surface area contributed by atoms with Gasteiger partial charge in [-0.15, -0.1) is 0 Å². The van der Waals surface area contributed by atoms with Crippen molar-refractivity contribution in [1.29, 1.82) is 0 Å². The molecule has 0 aromatic heterocycles. The molecule has 0 amide bonds. The summed E-state index contributed by atoms with van der Waals surface area (Å²) in [5, 5.41) is 2.31. The molecule has 1 heterocycles. The molecule has 0 spiro atoms. The van der Waals surface area contributed by atoms with Crippen LogP contribution in [0, 0.1) is 0 Å². The van der Waals surface area contributed by atoms with Crippen molar-refractivity contribution < 1.29 is 14.8 Å². The molecule has 0 aliphatic carbocycles. The molecule has 1 aliphatic rings. The Balaban J connectivity index is 2.29. The number of hydrogen-bond acceptors (Lipinski definition) is 2. The summed E-state index contributed by atoms with van der Waals surface area (Å²) in [5.41, 5.74) is 0.709. The highest BCUT2D eigenvalue weighted by atomic mass is 127. The zero-order chi connectivity index (χ0) is 13.7. The summed E-state index contributed by atoms with van der Waals surface area (Å²) in [4.78, 5) is 12.1. The Labute approximate surface area is 128 Å². The number of carbonyl (C=O) groups excluding carboxylic acids is 1. The summed E-state index contributed by atoms with van der Waals surface area (Å²) in [6.07, 6.45) is 2.90. The number of ether oxygens (including phenoxy) is 1.